The van der Waals surface area contributed by atoms with Crippen LogP contribution in [0.1, 0.15) is 328 Å². The lowest BCUT2D eigenvalue weighted by Crippen LogP contribution is -2.51. The van der Waals surface area contributed by atoms with Gasteiger partial charge in [0.15, 0.2) is 46.3 Å². The van der Waals surface area contributed by atoms with Gasteiger partial charge in [-0.25, -0.2) is 0 Å². The zero-order valence-corrected chi connectivity index (χ0v) is 89.8. The number of hydrogen-bond acceptors (Lipinski definition) is 18. The number of carbonyl (C=O) groups is 8. The van der Waals surface area contributed by atoms with E-state index in [0.717, 1.165) is 231 Å². The van der Waals surface area contributed by atoms with Gasteiger partial charge < -0.3 is 48.1 Å². The molecule has 9 aromatic carbocycles. The van der Waals surface area contributed by atoms with E-state index in [4.69, 9.17) is 39.4 Å². The van der Waals surface area contributed by atoms with Gasteiger partial charge in [0.1, 0.15) is 50.1 Å². The molecule has 9 aliphatic rings. The van der Waals surface area contributed by atoms with Crippen molar-refractivity contribution in [2.45, 2.75) is 329 Å². The Morgan fingerprint density at radius 1 is 0.319 bits per heavy atom. The molecule has 0 heterocycles. The number of nitrogens with two attached hydrogens (primary N) is 2. The van der Waals surface area contributed by atoms with Crippen LogP contribution in [0.2, 0.25) is 10.0 Å². The predicted molar refractivity (Wildman–Crippen MR) is 589 cm³/mol. The summed E-state index contributed by atoms with van der Waals surface area (Å²) in [4.78, 5) is 99.6. The first-order valence-electron chi connectivity index (χ1n) is 54.0. The van der Waals surface area contributed by atoms with Gasteiger partial charge in [-0.15, -0.1) is 0 Å². The first kappa shape index (κ1) is 116. The number of rotatable bonds is 22. The number of carbonyl (C=O) groups excluding carboxylic acids is 8. The van der Waals surface area contributed by atoms with Crippen molar-refractivity contribution in [3.8, 4) is 5.75 Å². The number of aryl methyl sites for hydroxylation is 1. The third-order valence-electron chi connectivity index (χ3n) is 31.8. The largest absolute Gasteiger partial charge is 0.497 e. The zero-order chi connectivity index (χ0) is 104. The van der Waals surface area contributed by atoms with E-state index in [1.807, 2.05) is 211 Å². The maximum absolute atomic E-state index is 12.4. The Kier molecular flexibility index (Phi) is 46.1. The minimum absolute atomic E-state index is 0.113. The number of benzene rings is 9. The van der Waals surface area contributed by atoms with Gasteiger partial charge in [-0.05, 0) is 269 Å². The van der Waals surface area contributed by atoms with Crippen LogP contribution in [0.4, 0.5) is 0 Å². The highest BCUT2D eigenvalue weighted by Crippen LogP contribution is 2.46. The predicted octanol–water partition coefficient (Wildman–Crippen LogP) is 24.7. The van der Waals surface area contributed by atoms with E-state index in [2.05, 4.69) is 138 Å². The number of methoxy groups -OCH3 is 1. The first-order chi connectivity index (χ1) is 69.6. The second kappa shape index (κ2) is 57.1. The summed E-state index contributed by atoms with van der Waals surface area (Å²) in [6, 6.07) is 82.2. The summed E-state index contributed by atoms with van der Waals surface area (Å²) in [5.41, 5.74) is 19.4. The molecule has 0 amide bonds. The zero-order valence-electron chi connectivity index (χ0n) is 88.3. The molecule has 0 bridgehead atoms. The van der Waals surface area contributed by atoms with Crippen LogP contribution < -0.4 is 48.1 Å². The molecule has 0 spiro atoms. The molecule has 18 rings (SSSR count). The summed E-state index contributed by atoms with van der Waals surface area (Å²) in [6.07, 6.45) is 35.6. The van der Waals surface area contributed by atoms with Crippen molar-refractivity contribution in [2.24, 2.45) is 17.4 Å². The molecule has 10 N–H and O–H groups in total. The monoisotopic (exact) mass is 2000 g/mol. The second-order valence-corrected chi connectivity index (χ2v) is 41.5. The second-order valence-electron chi connectivity index (χ2n) is 40.7. The lowest BCUT2D eigenvalue weighted by atomic mass is 9.70. The fraction of sp³-hybridized carbons (Fsp3) is 0.500. The van der Waals surface area contributed by atoms with Crippen LogP contribution in [0.5, 0.6) is 5.75 Å². The van der Waals surface area contributed by atoms with Crippen LogP contribution in [-0.2, 0) is 88.2 Å². The van der Waals surface area contributed by atoms with Gasteiger partial charge in [0.25, 0.3) is 0 Å². The van der Waals surface area contributed by atoms with E-state index < -0.39 is 38.8 Å². The van der Waals surface area contributed by atoms with E-state index in [1.165, 1.54) is 42.4 Å². The Balaban J connectivity index is 0.000000166. The summed E-state index contributed by atoms with van der Waals surface area (Å²) in [5, 5.41) is 21.8. The minimum atomic E-state index is -0.851. The Bertz CT molecular complexity index is 5420. The van der Waals surface area contributed by atoms with Gasteiger partial charge in [0.05, 0.1) is 7.11 Å². The van der Waals surface area contributed by atoms with Gasteiger partial charge in [-0.2, -0.15) is 0 Å². The number of likely N-dealkylation sites (N-methyl/N-ethyl adjacent to an activating group) is 5. The molecule has 9 aliphatic carbocycles. The highest BCUT2D eigenvalue weighted by atomic mass is 35.5. The standard InChI is InChI=1S/C15H21NO2.2C15H21NO.C14H18ClNO.C14H19NO.C14H21N.C13H17NO.C12H14ClNO.C12H15NO/c1-3-16-15(11-5-4-6-14(15)17)12-7-9-13(18-2)10-8-12;1-3-16-15(11-7-6-10-14(15)17)13-9-5-4-8-12(13)2;1-2-12-16-15(11-7-6-10-14(15)17)13-8-4-3-5-9-13;1-2-16-14(10-6-5-9-13(14)17)11-7-3-4-8-12(11)15;1-15(2)14(11-7-6-10-13(14)16)12-8-4-3-5-9-12;1-12-8-6-7-11-14(12,15-2)13-9-4-3-5-10-13;1-14-13(10-6-5-9-12(13)15)11-7-3-2-4-8-11;13-10-6-2-1-5-9(10)12(14)8-4-3-7-11(12)15;13-12(9-5-4-8-11(12)14)10-6-2-1-3-7-10/h7-10,16H,3-6,11H2,1-2H3;4-5,8-9,16H,3,6-7,10-11H2,1-2H3;3-5,8-9,16H,2,6-7,10-12H2,1H3;3-4,7-8,16H,2,5-6,9-10H2,1H3;3-5,8-9H,6-7,10-11H2,1-2H3;3-5,9-10,12,15H,6-8,11H2,1-2H3;2-4,7-8,14H,5-6,9-10H2,1H3;1-2,5-6H,3-4,7-8,14H2;1-3,6-7H,4-5,8-9,13H2/t3*15-;2*14-;12?,14-;13-;2*12-/m111110111/s1. The fourth-order valence-electron chi connectivity index (χ4n) is 23.6. The number of ketones is 8. The highest BCUT2D eigenvalue weighted by molar-refractivity contribution is 6.32. The third kappa shape index (κ3) is 28.2. The normalized spacial score (nSPS) is 26.2. The molecule has 0 radical (unpaired) electrons. The Labute approximate surface area is 871 Å². The Morgan fingerprint density at radius 2 is 0.646 bits per heavy atom. The van der Waals surface area contributed by atoms with Crippen LogP contribution in [0.15, 0.2) is 249 Å². The summed E-state index contributed by atoms with van der Waals surface area (Å²) in [5.74, 6) is 3.89. The van der Waals surface area contributed by atoms with Gasteiger partial charge in [0.2, 0.25) is 0 Å². The van der Waals surface area contributed by atoms with Gasteiger partial charge in [0, 0.05) is 67.0 Å². The summed E-state index contributed by atoms with van der Waals surface area (Å²) >= 11 is 12.3. The van der Waals surface area contributed by atoms with Crippen LogP contribution in [0.3, 0.4) is 0 Å². The van der Waals surface area contributed by atoms with Crippen molar-refractivity contribution in [3.05, 3.63) is 314 Å². The molecule has 0 saturated heterocycles. The number of halogens is 2. The van der Waals surface area contributed by atoms with Crippen LogP contribution in [-0.4, -0.2) is 113 Å². The van der Waals surface area contributed by atoms with Crippen molar-refractivity contribution >= 4 is 69.5 Å². The maximum Gasteiger partial charge on any atom is 0.157 e. The van der Waals surface area contributed by atoms with Crippen molar-refractivity contribution in [2.75, 3.05) is 61.5 Å². The molecule has 0 aromatic heterocycles. The fourth-order valence-corrected chi connectivity index (χ4v) is 24.2. The highest BCUT2D eigenvalue weighted by Gasteiger charge is 2.49. The molecule has 9 saturated carbocycles. The van der Waals surface area contributed by atoms with E-state index in [1.54, 1.807) is 13.2 Å². The smallest absolute Gasteiger partial charge is 0.157 e. The first-order valence-corrected chi connectivity index (χ1v) is 54.7. The Hall–Kier alpha value is -9.64. The summed E-state index contributed by atoms with van der Waals surface area (Å²) in [6.45, 7) is 16.1. The van der Waals surface area contributed by atoms with Crippen LogP contribution >= 0.6 is 23.2 Å². The van der Waals surface area contributed by atoms with Crippen molar-refractivity contribution < 1.29 is 43.1 Å². The van der Waals surface area contributed by atoms with E-state index in [9.17, 15) is 38.4 Å². The minimum Gasteiger partial charge on any atom is -0.497 e. The average Bonchev–Trinajstić information content (AvgIpc) is 0.765. The molecule has 776 valence electrons. The number of hydrogen-bond donors (Lipinski definition) is 8. The maximum atomic E-state index is 12.4. The molecule has 9 aromatic rings. The third-order valence-corrected chi connectivity index (χ3v) is 32.5. The van der Waals surface area contributed by atoms with E-state index in [0.29, 0.717) is 96.7 Å². The van der Waals surface area contributed by atoms with Gasteiger partial charge >= 0.3 is 0 Å². The van der Waals surface area contributed by atoms with Crippen molar-refractivity contribution in [1.29, 1.82) is 0 Å². The molecule has 9 fully saturated rings. The van der Waals surface area contributed by atoms with Crippen LogP contribution in [0.25, 0.3) is 0 Å². The molecule has 10 atom stereocenters. The van der Waals surface area contributed by atoms with E-state index in [-0.39, 0.29) is 28.4 Å². The number of ether oxygens (including phenoxy) is 1. The van der Waals surface area contributed by atoms with Gasteiger partial charge in [-0.1, -0.05) is 346 Å². The lowest BCUT2D eigenvalue weighted by Gasteiger charge is -2.43. The lowest BCUT2D eigenvalue weighted by molar-refractivity contribution is -0.133. The molecular weight excluding hydrogens is 1830 g/mol. The molecule has 0 aliphatic heterocycles. The van der Waals surface area contributed by atoms with Crippen molar-refractivity contribution in [1.82, 2.24) is 36.8 Å². The molecule has 1 unspecified atom stereocenters. The quantitative estimate of drug-likeness (QED) is 0.0313. The number of Topliss-reactive ketones (excluding diaryl/α,β-unsaturated/α-hetero) is 8. The van der Waals surface area contributed by atoms with Crippen molar-refractivity contribution in [3.63, 3.8) is 0 Å². The molecular formula is C124H167Cl2N9O9. The van der Waals surface area contributed by atoms with E-state index >= 15 is 0 Å². The van der Waals surface area contributed by atoms with Crippen LogP contribution in [0, 0.1) is 12.8 Å². The number of nitrogens with zero attached hydrogens (tertiary/aromatic N) is 1. The SMILES string of the molecule is CCCN[C@@]1(c2ccccc2)CCCCC1=O.CCN[C@@]1(c2ccc(OC)cc2)CCCCC1=O.CCN[C@@]1(c2ccccc2C)CCCCC1=O.CCN[C@@]1(c2ccccc2Cl)CCCCC1=O.CN(C)[C@@]1(c2ccccc2)CCCCC1=O.CN[C@@]1(c2ccccc2)CCCCC1=O.CN[C@@]1(c2ccccc2)CCCCC1C.N[C@@]1(c2ccccc2)CCCCC1=O.N[C@@]1(c2ccccc2Cl)CCCCC1=O. The molecule has 18 nitrogen and oxygen atoms in total. The topological polar surface area (TPSA) is 273 Å². The Morgan fingerprint density at radius 3 is 1.03 bits per heavy atom. The van der Waals surface area contributed by atoms with Gasteiger partial charge in [-0.3, -0.25) is 43.3 Å². The summed E-state index contributed by atoms with van der Waals surface area (Å²) < 4.78 is 5.17. The molecule has 144 heavy (non-hydrogen) atoms. The number of nitrogens with one attached hydrogen (secondary N) is 6. The molecule has 20 heteroatoms. The summed E-state index contributed by atoms with van der Waals surface area (Å²) in [7, 11) is 9.66. The average molecular weight is 2000 g/mol.